The highest BCUT2D eigenvalue weighted by Gasteiger charge is 2.34. The third kappa shape index (κ3) is 7.59. The smallest absolute Gasteiger partial charge is 0.264 e. The van der Waals surface area contributed by atoms with Crippen LogP contribution in [-0.4, -0.2) is 44.8 Å². The molecule has 0 heterocycles. The van der Waals surface area contributed by atoms with E-state index in [0.717, 1.165) is 19.9 Å². The number of halogens is 2. The molecule has 4 aromatic carbocycles. The van der Waals surface area contributed by atoms with E-state index in [4.69, 9.17) is 11.6 Å². The first-order valence-electron chi connectivity index (χ1n) is 13.2. The van der Waals surface area contributed by atoms with Gasteiger partial charge in [0.15, 0.2) is 0 Å². The number of carbonyl (C=O) groups excluding carboxylic acids is 2. The molecule has 0 spiro atoms. The first-order chi connectivity index (χ1) is 20.1. The lowest BCUT2D eigenvalue weighted by Gasteiger charge is -2.34. The number of benzene rings is 4. The van der Waals surface area contributed by atoms with E-state index < -0.39 is 28.5 Å². The van der Waals surface area contributed by atoms with E-state index in [1.54, 1.807) is 43.3 Å². The molecule has 218 valence electrons. The molecule has 42 heavy (non-hydrogen) atoms. The van der Waals surface area contributed by atoms with Crippen molar-refractivity contribution >= 4 is 55.1 Å². The standard InChI is InChI=1S/C32H31BrClN3O4S/c1-23-18-27(34)16-17-29(23)37(42(40,41)28-14-7-4-8-15-28)22-31(38)36(21-25-12-9-13-26(33)19-25)30(32(39)35-2)20-24-10-5-3-6-11-24/h3-19,30H,20-22H2,1-2H3,(H,35,39). The summed E-state index contributed by atoms with van der Waals surface area (Å²) in [5, 5.41) is 3.13. The quantitative estimate of drug-likeness (QED) is 0.213. The SMILES string of the molecule is CNC(=O)C(Cc1ccccc1)N(Cc1cccc(Br)c1)C(=O)CN(c1ccc(Cl)cc1C)S(=O)(=O)c1ccccc1. The zero-order chi connectivity index (χ0) is 30.3. The van der Waals surface area contributed by atoms with Gasteiger partial charge in [0, 0.05) is 29.5 Å². The lowest BCUT2D eigenvalue weighted by atomic mass is 10.0. The highest BCUT2D eigenvalue weighted by Crippen LogP contribution is 2.29. The van der Waals surface area contributed by atoms with E-state index in [1.165, 1.54) is 24.1 Å². The van der Waals surface area contributed by atoms with E-state index in [0.29, 0.717) is 16.3 Å². The summed E-state index contributed by atoms with van der Waals surface area (Å²) in [5.41, 5.74) is 2.54. The number of likely N-dealkylation sites (N-methyl/N-ethyl adjacent to an activating group) is 1. The predicted molar refractivity (Wildman–Crippen MR) is 170 cm³/mol. The molecule has 0 fully saturated rings. The van der Waals surface area contributed by atoms with Crippen molar-refractivity contribution in [2.45, 2.75) is 30.8 Å². The molecule has 7 nitrogen and oxygen atoms in total. The van der Waals surface area contributed by atoms with Crippen molar-refractivity contribution < 1.29 is 18.0 Å². The lowest BCUT2D eigenvalue weighted by Crippen LogP contribution is -2.53. The van der Waals surface area contributed by atoms with Crippen molar-refractivity contribution in [1.82, 2.24) is 10.2 Å². The predicted octanol–water partition coefficient (Wildman–Crippen LogP) is 5.99. The third-order valence-electron chi connectivity index (χ3n) is 6.80. The molecule has 1 N–H and O–H groups in total. The minimum Gasteiger partial charge on any atom is -0.357 e. The summed E-state index contributed by atoms with van der Waals surface area (Å²) in [6.07, 6.45) is 0.242. The fourth-order valence-electron chi connectivity index (χ4n) is 4.68. The number of nitrogens with zero attached hydrogens (tertiary/aromatic N) is 2. The lowest BCUT2D eigenvalue weighted by molar-refractivity contribution is -0.139. The minimum absolute atomic E-state index is 0.0397. The van der Waals surface area contributed by atoms with Crippen LogP contribution in [0.3, 0.4) is 0 Å². The molecular formula is C32H31BrClN3O4S. The maximum Gasteiger partial charge on any atom is 0.264 e. The highest BCUT2D eigenvalue weighted by atomic mass is 79.9. The normalized spacial score (nSPS) is 11.9. The number of anilines is 1. The van der Waals surface area contributed by atoms with Gasteiger partial charge < -0.3 is 10.2 Å². The van der Waals surface area contributed by atoms with Crippen molar-refractivity contribution in [2.24, 2.45) is 0 Å². The monoisotopic (exact) mass is 667 g/mol. The van der Waals surface area contributed by atoms with Crippen LogP contribution in [0.25, 0.3) is 0 Å². The number of hydrogen-bond donors (Lipinski definition) is 1. The van der Waals surface area contributed by atoms with Crippen molar-refractivity contribution in [3.8, 4) is 0 Å². The Morgan fingerprint density at radius 3 is 2.14 bits per heavy atom. The molecular weight excluding hydrogens is 638 g/mol. The van der Waals surface area contributed by atoms with Gasteiger partial charge in [-0.25, -0.2) is 8.42 Å². The van der Waals surface area contributed by atoms with Gasteiger partial charge in [0.2, 0.25) is 11.8 Å². The van der Waals surface area contributed by atoms with Gasteiger partial charge in [-0.1, -0.05) is 88.2 Å². The van der Waals surface area contributed by atoms with Crippen LogP contribution in [0.1, 0.15) is 16.7 Å². The number of amides is 2. The molecule has 4 rings (SSSR count). The number of carbonyl (C=O) groups is 2. The Hall–Kier alpha value is -3.66. The first kappa shape index (κ1) is 31.3. The molecule has 0 radical (unpaired) electrons. The Bertz CT molecular complexity index is 1650. The molecule has 0 saturated heterocycles. The van der Waals surface area contributed by atoms with Crippen LogP contribution in [0.4, 0.5) is 5.69 Å². The summed E-state index contributed by atoms with van der Waals surface area (Å²) in [4.78, 5) is 29.1. The average molecular weight is 669 g/mol. The van der Waals surface area contributed by atoms with Crippen LogP contribution in [-0.2, 0) is 32.6 Å². The summed E-state index contributed by atoms with van der Waals surface area (Å²) in [7, 11) is -2.65. The van der Waals surface area contributed by atoms with Gasteiger partial charge in [-0.2, -0.15) is 0 Å². The van der Waals surface area contributed by atoms with E-state index >= 15 is 0 Å². The molecule has 4 aromatic rings. The van der Waals surface area contributed by atoms with Gasteiger partial charge >= 0.3 is 0 Å². The summed E-state index contributed by atoms with van der Waals surface area (Å²) >= 11 is 9.67. The number of hydrogen-bond acceptors (Lipinski definition) is 4. The van der Waals surface area contributed by atoms with Gasteiger partial charge in [0.25, 0.3) is 10.0 Å². The molecule has 0 saturated carbocycles. The van der Waals surface area contributed by atoms with Crippen molar-refractivity contribution in [3.05, 3.63) is 129 Å². The average Bonchev–Trinajstić information content (AvgIpc) is 2.98. The zero-order valence-corrected chi connectivity index (χ0v) is 26.4. The Kier molecular flexibility index (Phi) is 10.4. The topological polar surface area (TPSA) is 86.8 Å². The maximum atomic E-state index is 14.3. The van der Waals surface area contributed by atoms with Gasteiger partial charge in [0.05, 0.1) is 10.6 Å². The van der Waals surface area contributed by atoms with Crippen molar-refractivity contribution in [2.75, 3.05) is 17.9 Å². The second kappa shape index (κ2) is 14.0. The fourth-order valence-corrected chi connectivity index (χ4v) is 6.86. The van der Waals surface area contributed by atoms with Crippen LogP contribution in [0.5, 0.6) is 0 Å². The molecule has 0 aliphatic carbocycles. The van der Waals surface area contributed by atoms with Crippen LogP contribution in [0, 0.1) is 6.92 Å². The Morgan fingerprint density at radius 1 is 0.881 bits per heavy atom. The summed E-state index contributed by atoms with van der Waals surface area (Å²) in [5.74, 6) is -0.893. The summed E-state index contributed by atoms with van der Waals surface area (Å²) < 4.78 is 29.9. The van der Waals surface area contributed by atoms with Gasteiger partial charge in [-0.15, -0.1) is 0 Å². The fraction of sp³-hybridized carbons (Fsp3) is 0.188. The molecule has 1 atom stereocenters. The minimum atomic E-state index is -4.17. The van der Waals surface area contributed by atoms with E-state index in [2.05, 4.69) is 21.2 Å². The van der Waals surface area contributed by atoms with Gasteiger partial charge in [-0.05, 0) is 66.1 Å². The number of aryl methyl sites for hydroxylation is 1. The maximum absolute atomic E-state index is 14.3. The first-order valence-corrected chi connectivity index (χ1v) is 15.8. The Balaban J connectivity index is 1.81. The summed E-state index contributed by atoms with van der Waals surface area (Å²) in [6.45, 7) is 1.29. The van der Waals surface area contributed by atoms with Crippen LogP contribution < -0.4 is 9.62 Å². The van der Waals surface area contributed by atoms with Crippen molar-refractivity contribution in [3.63, 3.8) is 0 Å². The number of rotatable bonds is 11. The van der Waals surface area contributed by atoms with E-state index in [1.807, 2.05) is 54.6 Å². The number of sulfonamides is 1. The number of nitrogens with one attached hydrogen (secondary N) is 1. The van der Waals surface area contributed by atoms with E-state index in [-0.39, 0.29) is 23.8 Å². The molecule has 2 amide bonds. The molecule has 10 heteroatoms. The highest BCUT2D eigenvalue weighted by molar-refractivity contribution is 9.10. The second-order valence-corrected chi connectivity index (χ2v) is 12.9. The second-order valence-electron chi connectivity index (χ2n) is 9.73. The van der Waals surface area contributed by atoms with Gasteiger partial charge in [-0.3, -0.25) is 13.9 Å². The van der Waals surface area contributed by atoms with Gasteiger partial charge in [0.1, 0.15) is 12.6 Å². The van der Waals surface area contributed by atoms with Crippen LogP contribution >= 0.6 is 27.5 Å². The Morgan fingerprint density at radius 2 is 1.52 bits per heavy atom. The zero-order valence-electron chi connectivity index (χ0n) is 23.2. The molecule has 1 unspecified atom stereocenters. The Labute approximate surface area is 260 Å². The molecule has 0 aromatic heterocycles. The van der Waals surface area contributed by atoms with Crippen LogP contribution in [0.15, 0.2) is 112 Å². The van der Waals surface area contributed by atoms with Crippen LogP contribution in [0.2, 0.25) is 5.02 Å². The van der Waals surface area contributed by atoms with Crippen molar-refractivity contribution in [1.29, 1.82) is 0 Å². The molecule has 0 aliphatic heterocycles. The largest absolute Gasteiger partial charge is 0.357 e. The summed E-state index contributed by atoms with van der Waals surface area (Å²) in [6, 6.07) is 28.7. The van der Waals surface area contributed by atoms with E-state index in [9.17, 15) is 18.0 Å². The molecule has 0 bridgehead atoms. The third-order valence-corrected chi connectivity index (χ3v) is 9.30. The molecule has 0 aliphatic rings.